The van der Waals surface area contributed by atoms with Crippen LogP contribution in [0.3, 0.4) is 0 Å². The van der Waals surface area contributed by atoms with E-state index in [4.69, 9.17) is 9.05 Å². The Bertz CT molecular complexity index is 211. The van der Waals surface area contributed by atoms with Gasteiger partial charge >= 0.3 is 0 Å². The number of para-hydroxylation sites is 1. The van der Waals surface area contributed by atoms with E-state index in [0.29, 0.717) is 0 Å². The Morgan fingerprint density at radius 1 is 1.17 bits per heavy atom. The molecule has 0 saturated heterocycles. The van der Waals surface area contributed by atoms with E-state index < -0.39 is 0 Å². The van der Waals surface area contributed by atoms with Gasteiger partial charge in [-0.3, -0.25) is 0 Å². The van der Waals surface area contributed by atoms with Crippen LogP contribution in [0.1, 0.15) is 13.8 Å². The fourth-order valence-electron chi connectivity index (χ4n) is 0.657. The Hall–Kier alpha value is -0.590. The van der Waals surface area contributed by atoms with Gasteiger partial charge in [0.15, 0.2) is 0 Å². The average Bonchev–Trinajstić information content (AvgIpc) is 2.05. The standard InChI is InChI=1S/C9H13O2P/c1-8(2)10-12-11-9-6-4-3-5-7-9/h3-8,12H,1-2H3. The zero-order valence-corrected chi connectivity index (χ0v) is 8.28. The molecule has 1 aromatic carbocycles. The maximum absolute atomic E-state index is 5.32. The molecule has 0 N–H and O–H groups in total. The molecule has 3 heteroatoms. The molecule has 0 aliphatic heterocycles. The van der Waals surface area contributed by atoms with Crippen LogP contribution in [0.2, 0.25) is 0 Å². The van der Waals surface area contributed by atoms with Crippen molar-refractivity contribution in [3.05, 3.63) is 30.3 Å². The van der Waals surface area contributed by atoms with Crippen LogP contribution < -0.4 is 4.52 Å². The predicted octanol–water partition coefficient (Wildman–Crippen LogP) is 3.00. The van der Waals surface area contributed by atoms with Crippen LogP contribution >= 0.6 is 9.03 Å². The lowest BCUT2D eigenvalue weighted by atomic mass is 10.3. The first kappa shape index (κ1) is 9.50. The molecular weight excluding hydrogens is 171 g/mol. The Balaban J connectivity index is 2.25. The van der Waals surface area contributed by atoms with Crippen LogP contribution in [0.15, 0.2) is 30.3 Å². The van der Waals surface area contributed by atoms with Gasteiger partial charge in [0.05, 0.1) is 6.10 Å². The molecule has 1 rings (SSSR count). The first-order valence-corrected chi connectivity index (χ1v) is 4.73. The van der Waals surface area contributed by atoms with Gasteiger partial charge in [-0.05, 0) is 26.0 Å². The third kappa shape index (κ3) is 3.70. The minimum atomic E-state index is 0.0900. The molecule has 0 radical (unpaired) electrons. The van der Waals surface area contributed by atoms with Crippen molar-refractivity contribution in [1.82, 2.24) is 0 Å². The van der Waals surface area contributed by atoms with Gasteiger partial charge < -0.3 is 9.05 Å². The normalized spacial score (nSPS) is 11.2. The second kappa shape index (κ2) is 5.13. The van der Waals surface area contributed by atoms with Crippen molar-refractivity contribution >= 4 is 9.03 Å². The molecule has 1 aromatic rings. The molecule has 0 bridgehead atoms. The van der Waals surface area contributed by atoms with Gasteiger partial charge in [0, 0.05) is 0 Å². The molecule has 0 heterocycles. The SMILES string of the molecule is CC(C)OPOc1ccccc1. The monoisotopic (exact) mass is 184 g/mol. The van der Waals surface area contributed by atoms with E-state index in [2.05, 4.69) is 0 Å². The number of rotatable bonds is 4. The molecule has 0 aliphatic carbocycles. The quantitative estimate of drug-likeness (QED) is 0.669. The number of hydrogen-bond donors (Lipinski definition) is 0. The molecule has 0 saturated carbocycles. The summed E-state index contributed by atoms with van der Waals surface area (Å²) < 4.78 is 10.6. The second-order valence-corrected chi connectivity index (χ2v) is 3.27. The molecular formula is C9H13O2P. The molecule has 0 aromatic heterocycles. The molecule has 1 atom stereocenters. The molecule has 1 unspecified atom stereocenters. The third-order valence-electron chi connectivity index (χ3n) is 1.19. The summed E-state index contributed by atoms with van der Waals surface area (Å²) in [5.41, 5.74) is 0. The van der Waals surface area contributed by atoms with Crippen molar-refractivity contribution in [2.45, 2.75) is 20.0 Å². The molecule has 0 amide bonds. The van der Waals surface area contributed by atoms with Crippen molar-refractivity contribution in [1.29, 1.82) is 0 Å². The number of benzene rings is 1. The van der Waals surface area contributed by atoms with E-state index in [9.17, 15) is 0 Å². The maximum Gasteiger partial charge on any atom is 0.215 e. The van der Waals surface area contributed by atoms with Gasteiger partial charge in [-0.15, -0.1) is 0 Å². The summed E-state index contributed by atoms with van der Waals surface area (Å²) in [6, 6.07) is 9.66. The molecule has 2 nitrogen and oxygen atoms in total. The highest BCUT2D eigenvalue weighted by molar-refractivity contribution is 7.26. The van der Waals surface area contributed by atoms with E-state index in [1.54, 1.807) is 0 Å². The Kier molecular flexibility index (Phi) is 4.06. The van der Waals surface area contributed by atoms with Crippen LogP contribution in [0.5, 0.6) is 5.75 Å². The van der Waals surface area contributed by atoms with Crippen molar-refractivity contribution in [3.63, 3.8) is 0 Å². The van der Waals surface area contributed by atoms with Crippen molar-refractivity contribution in [2.75, 3.05) is 0 Å². The van der Waals surface area contributed by atoms with Crippen molar-refractivity contribution in [3.8, 4) is 5.75 Å². The second-order valence-electron chi connectivity index (χ2n) is 2.67. The highest BCUT2D eigenvalue weighted by Gasteiger charge is 1.94. The largest absolute Gasteiger partial charge is 0.450 e. The summed E-state index contributed by atoms with van der Waals surface area (Å²) in [4.78, 5) is 0. The van der Waals surface area contributed by atoms with E-state index in [1.807, 2.05) is 44.2 Å². The van der Waals surface area contributed by atoms with Crippen LogP contribution in [-0.2, 0) is 4.52 Å². The molecule has 0 fully saturated rings. The summed E-state index contributed by atoms with van der Waals surface area (Å²) in [5, 5.41) is 0. The highest BCUT2D eigenvalue weighted by Crippen LogP contribution is 2.21. The smallest absolute Gasteiger partial charge is 0.215 e. The van der Waals surface area contributed by atoms with Gasteiger partial charge in [0.1, 0.15) is 5.75 Å². The van der Waals surface area contributed by atoms with Crippen LogP contribution in [0, 0.1) is 0 Å². The fraction of sp³-hybridized carbons (Fsp3) is 0.333. The summed E-state index contributed by atoms with van der Waals surface area (Å²) in [5.74, 6) is 0.858. The summed E-state index contributed by atoms with van der Waals surface area (Å²) in [6.07, 6.45) is 0.229. The summed E-state index contributed by atoms with van der Waals surface area (Å²) in [7, 11) is 0.0900. The van der Waals surface area contributed by atoms with Crippen molar-refractivity contribution in [2.24, 2.45) is 0 Å². The van der Waals surface area contributed by atoms with Gasteiger partial charge in [0.2, 0.25) is 9.03 Å². The highest BCUT2D eigenvalue weighted by atomic mass is 31.1. The van der Waals surface area contributed by atoms with E-state index in [0.717, 1.165) is 5.75 Å². The summed E-state index contributed by atoms with van der Waals surface area (Å²) in [6.45, 7) is 3.97. The molecule has 0 spiro atoms. The summed E-state index contributed by atoms with van der Waals surface area (Å²) >= 11 is 0. The van der Waals surface area contributed by atoms with Gasteiger partial charge in [-0.25, -0.2) is 0 Å². The maximum atomic E-state index is 5.32. The van der Waals surface area contributed by atoms with Crippen LogP contribution in [0.4, 0.5) is 0 Å². The van der Waals surface area contributed by atoms with E-state index >= 15 is 0 Å². The van der Waals surface area contributed by atoms with E-state index in [1.165, 1.54) is 0 Å². The molecule has 0 aliphatic rings. The predicted molar refractivity (Wildman–Crippen MR) is 51.6 cm³/mol. The lowest BCUT2D eigenvalue weighted by Gasteiger charge is -2.07. The molecule has 66 valence electrons. The third-order valence-corrected chi connectivity index (χ3v) is 2.07. The van der Waals surface area contributed by atoms with Crippen molar-refractivity contribution < 1.29 is 9.05 Å². The average molecular weight is 184 g/mol. The molecule has 12 heavy (non-hydrogen) atoms. The number of hydrogen-bond acceptors (Lipinski definition) is 2. The first-order chi connectivity index (χ1) is 5.79. The Morgan fingerprint density at radius 2 is 1.83 bits per heavy atom. The minimum Gasteiger partial charge on any atom is -0.450 e. The zero-order chi connectivity index (χ0) is 8.81. The van der Waals surface area contributed by atoms with Gasteiger partial charge in [-0.2, -0.15) is 0 Å². The van der Waals surface area contributed by atoms with Crippen LogP contribution in [0.25, 0.3) is 0 Å². The zero-order valence-electron chi connectivity index (χ0n) is 7.28. The fourth-order valence-corrected chi connectivity index (χ4v) is 1.13. The lowest BCUT2D eigenvalue weighted by molar-refractivity contribution is 0.256. The first-order valence-electron chi connectivity index (χ1n) is 3.91. The van der Waals surface area contributed by atoms with Gasteiger partial charge in [0.25, 0.3) is 0 Å². The van der Waals surface area contributed by atoms with E-state index in [-0.39, 0.29) is 15.1 Å². The van der Waals surface area contributed by atoms with Gasteiger partial charge in [-0.1, -0.05) is 18.2 Å². The Labute approximate surface area is 74.8 Å². The topological polar surface area (TPSA) is 18.5 Å². The Morgan fingerprint density at radius 3 is 2.42 bits per heavy atom. The lowest BCUT2D eigenvalue weighted by Crippen LogP contribution is -1.94. The van der Waals surface area contributed by atoms with Crippen LogP contribution in [-0.4, -0.2) is 6.10 Å². The minimum absolute atomic E-state index is 0.0900.